The zero-order valence-corrected chi connectivity index (χ0v) is 7.41. The third-order valence-corrected chi connectivity index (χ3v) is 2.09. The predicted octanol–water partition coefficient (Wildman–Crippen LogP) is 0.898. The van der Waals surface area contributed by atoms with Gasteiger partial charge in [-0.2, -0.15) is 0 Å². The molecule has 0 aromatic carbocycles. The molecule has 0 fully saturated rings. The standard InChI is InChI=1S/C8H10N2O4/c11-9(12)5-8(6-10(13)14)7-3-1-2-4-7/h1-4,7-8H,5-6H2. The van der Waals surface area contributed by atoms with E-state index in [-0.39, 0.29) is 19.0 Å². The van der Waals surface area contributed by atoms with Crippen LogP contribution in [0.3, 0.4) is 0 Å². The Morgan fingerprint density at radius 2 is 1.50 bits per heavy atom. The molecule has 0 amide bonds. The first-order valence-corrected chi connectivity index (χ1v) is 4.18. The van der Waals surface area contributed by atoms with Gasteiger partial charge in [-0.3, -0.25) is 20.2 Å². The fourth-order valence-electron chi connectivity index (χ4n) is 1.45. The van der Waals surface area contributed by atoms with Gasteiger partial charge in [0.1, 0.15) is 0 Å². The number of allylic oxidation sites excluding steroid dienone is 4. The molecule has 0 saturated heterocycles. The van der Waals surface area contributed by atoms with E-state index in [0.29, 0.717) is 0 Å². The molecular weight excluding hydrogens is 188 g/mol. The SMILES string of the molecule is O=[N+]([O-])CC(C[N+](=O)[O-])C1C=CC=C1. The second kappa shape index (κ2) is 4.50. The molecule has 1 rings (SSSR count). The summed E-state index contributed by atoms with van der Waals surface area (Å²) in [5.41, 5.74) is 0. The van der Waals surface area contributed by atoms with Crippen molar-refractivity contribution in [1.82, 2.24) is 0 Å². The van der Waals surface area contributed by atoms with E-state index in [9.17, 15) is 20.2 Å². The summed E-state index contributed by atoms with van der Waals surface area (Å²) in [6.45, 7) is -0.722. The average Bonchev–Trinajstić information content (AvgIpc) is 2.52. The largest absolute Gasteiger partial charge is 0.265 e. The van der Waals surface area contributed by atoms with Gasteiger partial charge in [0.25, 0.3) is 0 Å². The molecular formula is C8H10N2O4. The first-order valence-electron chi connectivity index (χ1n) is 4.18. The topological polar surface area (TPSA) is 86.3 Å². The molecule has 0 aromatic heterocycles. The van der Waals surface area contributed by atoms with Gasteiger partial charge in [0.05, 0.1) is 5.92 Å². The minimum Gasteiger partial charge on any atom is -0.265 e. The Hall–Kier alpha value is -1.72. The maximum absolute atomic E-state index is 10.3. The van der Waals surface area contributed by atoms with Gasteiger partial charge in [0.15, 0.2) is 0 Å². The molecule has 0 N–H and O–H groups in total. The van der Waals surface area contributed by atoms with Crippen LogP contribution in [0.1, 0.15) is 0 Å². The lowest BCUT2D eigenvalue weighted by atomic mass is 9.94. The van der Waals surface area contributed by atoms with E-state index < -0.39 is 15.8 Å². The Balaban J connectivity index is 2.60. The Morgan fingerprint density at radius 3 is 1.86 bits per heavy atom. The van der Waals surface area contributed by atoms with Crippen LogP contribution >= 0.6 is 0 Å². The lowest BCUT2D eigenvalue weighted by Gasteiger charge is -2.11. The molecule has 0 heterocycles. The first kappa shape index (κ1) is 10.4. The lowest BCUT2D eigenvalue weighted by molar-refractivity contribution is -0.525. The van der Waals surface area contributed by atoms with E-state index in [1.54, 1.807) is 24.3 Å². The van der Waals surface area contributed by atoms with Crippen molar-refractivity contribution in [3.05, 3.63) is 44.5 Å². The zero-order valence-electron chi connectivity index (χ0n) is 7.41. The van der Waals surface area contributed by atoms with Crippen molar-refractivity contribution in [2.24, 2.45) is 11.8 Å². The van der Waals surface area contributed by atoms with E-state index in [2.05, 4.69) is 0 Å². The molecule has 76 valence electrons. The van der Waals surface area contributed by atoms with Crippen molar-refractivity contribution < 1.29 is 9.85 Å². The fourth-order valence-corrected chi connectivity index (χ4v) is 1.45. The third kappa shape index (κ3) is 2.96. The highest BCUT2D eigenvalue weighted by atomic mass is 16.6. The second-order valence-corrected chi connectivity index (χ2v) is 3.14. The van der Waals surface area contributed by atoms with Gasteiger partial charge in [-0.25, -0.2) is 0 Å². The minimum absolute atomic E-state index is 0.175. The summed E-state index contributed by atoms with van der Waals surface area (Å²) in [5.74, 6) is -0.721. The Bertz CT molecular complexity index is 270. The van der Waals surface area contributed by atoms with Crippen LogP contribution in [0.25, 0.3) is 0 Å². The maximum Gasteiger partial charge on any atom is 0.213 e. The average molecular weight is 198 g/mol. The summed E-state index contributed by atoms with van der Waals surface area (Å²) in [4.78, 5) is 19.6. The first-order chi connectivity index (χ1) is 6.59. The molecule has 0 aliphatic heterocycles. The molecule has 6 nitrogen and oxygen atoms in total. The van der Waals surface area contributed by atoms with E-state index >= 15 is 0 Å². The van der Waals surface area contributed by atoms with Gasteiger partial charge < -0.3 is 0 Å². The molecule has 0 bridgehead atoms. The summed E-state index contributed by atoms with van der Waals surface area (Å²) in [5, 5.41) is 20.6. The van der Waals surface area contributed by atoms with Gasteiger partial charge in [-0.1, -0.05) is 24.3 Å². The van der Waals surface area contributed by atoms with Crippen LogP contribution in [-0.2, 0) is 0 Å². The number of rotatable bonds is 5. The maximum atomic E-state index is 10.3. The highest BCUT2D eigenvalue weighted by Gasteiger charge is 2.28. The number of nitro groups is 2. The Kier molecular flexibility index (Phi) is 3.33. The normalized spacial score (nSPS) is 15.2. The van der Waals surface area contributed by atoms with E-state index in [0.717, 1.165) is 0 Å². The molecule has 0 spiro atoms. The minimum atomic E-state index is -0.546. The highest BCUT2D eigenvalue weighted by Crippen LogP contribution is 2.20. The molecule has 6 heteroatoms. The summed E-state index contributed by atoms with van der Waals surface area (Å²) < 4.78 is 0. The molecule has 1 aliphatic carbocycles. The fraction of sp³-hybridized carbons (Fsp3) is 0.500. The second-order valence-electron chi connectivity index (χ2n) is 3.14. The van der Waals surface area contributed by atoms with E-state index in [1.165, 1.54) is 0 Å². The van der Waals surface area contributed by atoms with Crippen LogP contribution in [0.2, 0.25) is 0 Å². The van der Waals surface area contributed by atoms with Gasteiger partial charge in [-0.15, -0.1) is 0 Å². The van der Waals surface area contributed by atoms with Crippen LogP contribution < -0.4 is 0 Å². The molecule has 0 unspecified atom stereocenters. The van der Waals surface area contributed by atoms with Crippen LogP contribution in [0, 0.1) is 32.1 Å². The van der Waals surface area contributed by atoms with Crippen molar-refractivity contribution >= 4 is 0 Å². The van der Waals surface area contributed by atoms with E-state index in [4.69, 9.17) is 0 Å². The Labute approximate surface area is 80.2 Å². The number of hydrogen-bond acceptors (Lipinski definition) is 4. The van der Waals surface area contributed by atoms with Crippen molar-refractivity contribution in [3.63, 3.8) is 0 Å². The third-order valence-electron chi connectivity index (χ3n) is 2.09. The molecule has 0 radical (unpaired) electrons. The van der Waals surface area contributed by atoms with Gasteiger partial charge in [0, 0.05) is 15.8 Å². The van der Waals surface area contributed by atoms with Gasteiger partial charge >= 0.3 is 0 Å². The summed E-state index contributed by atoms with van der Waals surface area (Å²) in [6.07, 6.45) is 6.99. The Morgan fingerprint density at radius 1 is 1.07 bits per heavy atom. The van der Waals surface area contributed by atoms with Crippen LogP contribution in [0.4, 0.5) is 0 Å². The monoisotopic (exact) mass is 198 g/mol. The smallest absolute Gasteiger partial charge is 0.213 e. The molecule has 0 atom stereocenters. The van der Waals surface area contributed by atoms with Crippen LogP contribution in [0.15, 0.2) is 24.3 Å². The van der Waals surface area contributed by atoms with Crippen molar-refractivity contribution in [3.8, 4) is 0 Å². The van der Waals surface area contributed by atoms with Crippen molar-refractivity contribution in [2.45, 2.75) is 0 Å². The lowest BCUT2D eigenvalue weighted by Crippen LogP contribution is -2.27. The quantitative estimate of drug-likeness (QED) is 0.485. The zero-order chi connectivity index (χ0) is 10.6. The molecule has 1 aliphatic rings. The van der Waals surface area contributed by atoms with Gasteiger partial charge in [0.2, 0.25) is 13.1 Å². The summed E-state index contributed by atoms with van der Waals surface area (Å²) in [6, 6.07) is 0. The van der Waals surface area contributed by atoms with Crippen molar-refractivity contribution in [1.29, 1.82) is 0 Å². The molecule has 14 heavy (non-hydrogen) atoms. The molecule has 0 saturated carbocycles. The van der Waals surface area contributed by atoms with E-state index in [1.807, 2.05) is 0 Å². The summed E-state index contributed by atoms with van der Waals surface area (Å²) >= 11 is 0. The predicted molar refractivity (Wildman–Crippen MR) is 49.0 cm³/mol. The number of nitrogens with zero attached hydrogens (tertiary/aromatic N) is 2. The van der Waals surface area contributed by atoms with Crippen LogP contribution in [0.5, 0.6) is 0 Å². The van der Waals surface area contributed by atoms with Crippen molar-refractivity contribution in [2.75, 3.05) is 13.1 Å². The highest BCUT2D eigenvalue weighted by molar-refractivity contribution is 5.18. The summed E-state index contributed by atoms with van der Waals surface area (Å²) in [7, 11) is 0. The van der Waals surface area contributed by atoms with Gasteiger partial charge in [-0.05, 0) is 0 Å². The number of hydrogen-bond donors (Lipinski definition) is 0. The van der Waals surface area contributed by atoms with Crippen LogP contribution in [-0.4, -0.2) is 22.9 Å². The molecule has 0 aromatic rings.